The zero-order valence-corrected chi connectivity index (χ0v) is 11.6. The number of aliphatic hydroxyl groups is 1. The van der Waals surface area contributed by atoms with E-state index >= 15 is 0 Å². The number of fused-ring (bicyclic) bond motifs is 1. The zero-order chi connectivity index (χ0) is 14.1. The van der Waals surface area contributed by atoms with Gasteiger partial charge in [-0.3, -0.25) is 4.79 Å². The Bertz CT molecular complexity index is 526. The van der Waals surface area contributed by atoms with E-state index in [1.807, 2.05) is 6.07 Å². The molecule has 1 aliphatic heterocycles. The Hall–Kier alpha value is -1.75. The maximum Gasteiger partial charge on any atom is 0.224 e. The molecule has 0 radical (unpaired) electrons. The average molecular weight is 275 g/mol. The quantitative estimate of drug-likeness (QED) is 0.728. The number of aliphatic hydroxyl groups excluding tert-OH is 1. The predicted octanol–water partition coefficient (Wildman–Crippen LogP) is 1.50. The Labute approximate surface area is 118 Å². The molecule has 1 amide bonds. The van der Waals surface area contributed by atoms with E-state index in [9.17, 15) is 9.90 Å². The van der Waals surface area contributed by atoms with Crippen molar-refractivity contribution in [3.05, 3.63) is 17.7 Å². The Morgan fingerprint density at radius 2 is 2.15 bits per heavy atom. The smallest absolute Gasteiger partial charge is 0.224 e. The lowest BCUT2D eigenvalue weighted by molar-refractivity contribution is -0.116. The van der Waals surface area contributed by atoms with E-state index in [-0.39, 0.29) is 12.5 Å². The van der Waals surface area contributed by atoms with Crippen LogP contribution >= 0.6 is 0 Å². The van der Waals surface area contributed by atoms with E-state index in [2.05, 4.69) is 16.3 Å². The predicted molar refractivity (Wildman–Crippen MR) is 79.9 cm³/mol. The average Bonchev–Trinajstić information content (AvgIpc) is 2.35. The minimum absolute atomic E-state index is 0.0517. The molecule has 0 bridgehead atoms. The molecular weight excluding hydrogens is 254 g/mol. The fraction of sp³-hybridized carbons (Fsp3) is 0.533. The fourth-order valence-corrected chi connectivity index (χ4v) is 2.99. The lowest BCUT2D eigenvalue weighted by Crippen LogP contribution is -2.42. The van der Waals surface area contributed by atoms with Crippen molar-refractivity contribution < 1.29 is 9.90 Å². The number of rotatable bonds is 4. The summed E-state index contributed by atoms with van der Waals surface area (Å²) in [5.41, 5.74) is 9.80. The molecular formula is C15H21N3O2. The third-order valence-electron chi connectivity index (χ3n) is 4.31. The van der Waals surface area contributed by atoms with Gasteiger partial charge in [0, 0.05) is 24.7 Å². The van der Waals surface area contributed by atoms with Crippen LogP contribution in [0.25, 0.3) is 0 Å². The monoisotopic (exact) mass is 275 g/mol. The van der Waals surface area contributed by atoms with Gasteiger partial charge in [-0.15, -0.1) is 0 Å². The fourth-order valence-electron chi connectivity index (χ4n) is 2.99. The van der Waals surface area contributed by atoms with Crippen LogP contribution in [-0.4, -0.2) is 30.2 Å². The molecule has 5 heteroatoms. The van der Waals surface area contributed by atoms with Crippen molar-refractivity contribution >= 4 is 23.0 Å². The summed E-state index contributed by atoms with van der Waals surface area (Å²) in [6.45, 7) is 0.740. The molecule has 2 aliphatic rings. The Morgan fingerprint density at radius 1 is 1.35 bits per heavy atom. The summed E-state index contributed by atoms with van der Waals surface area (Å²) in [6.07, 6.45) is 4.85. The zero-order valence-electron chi connectivity index (χ0n) is 11.6. The molecule has 1 heterocycles. The first kappa shape index (κ1) is 13.2. The normalized spacial score (nSPS) is 18.1. The number of amides is 1. The molecule has 1 aromatic carbocycles. The van der Waals surface area contributed by atoms with Crippen LogP contribution in [0.5, 0.6) is 0 Å². The SMILES string of the molecule is Nc1cc2c(cc1N(CCO)C1CCC1)CCC(=O)N2. The van der Waals surface area contributed by atoms with Crippen LogP contribution in [0.2, 0.25) is 0 Å². The van der Waals surface area contributed by atoms with Crippen molar-refractivity contribution in [2.45, 2.75) is 38.1 Å². The van der Waals surface area contributed by atoms with Crippen molar-refractivity contribution in [2.24, 2.45) is 0 Å². The number of nitrogens with two attached hydrogens (primary N) is 1. The number of carbonyl (C=O) groups excluding carboxylic acids is 1. The highest BCUT2D eigenvalue weighted by Gasteiger charge is 2.27. The Balaban J connectivity index is 1.93. The second kappa shape index (κ2) is 5.32. The number of hydrogen-bond acceptors (Lipinski definition) is 4. The molecule has 1 aromatic rings. The molecule has 1 saturated carbocycles. The van der Waals surface area contributed by atoms with E-state index in [1.165, 1.54) is 6.42 Å². The van der Waals surface area contributed by atoms with Crippen LogP contribution in [0.3, 0.4) is 0 Å². The summed E-state index contributed by atoms with van der Waals surface area (Å²) in [5.74, 6) is 0.0517. The van der Waals surface area contributed by atoms with Crippen molar-refractivity contribution in [2.75, 3.05) is 29.1 Å². The van der Waals surface area contributed by atoms with Crippen LogP contribution < -0.4 is 16.0 Å². The molecule has 0 saturated heterocycles. The van der Waals surface area contributed by atoms with Gasteiger partial charge in [-0.05, 0) is 43.4 Å². The number of aryl methyl sites for hydroxylation is 1. The molecule has 20 heavy (non-hydrogen) atoms. The van der Waals surface area contributed by atoms with Gasteiger partial charge in [0.05, 0.1) is 18.0 Å². The summed E-state index contributed by atoms with van der Waals surface area (Å²) < 4.78 is 0. The summed E-state index contributed by atoms with van der Waals surface area (Å²) in [4.78, 5) is 13.6. The van der Waals surface area contributed by atoms with Gasteiger partial charge in [-0.1, -0.05) is 0 Å². The first-order valence-electron chi connectivity index (χ1n) is 7.29. The van der Waals surface area contributed by atoms with E-state index in [0.29, 0.717) is 24.7 Å². The molecule has 4 N–H and O–H groups in total. The van der Waals surface area contributed by atoms with Crippen LogP contribution in [0.15, 0.2) is 12.1 Å². The van der Waals surface area contributed by atoms with Gasteiger partial charge in [0.15, 0.2) is 0 Å². The van der Waals surface area contributed by atoms with Crippen LogP contribution in [0.1, 0.15) is 31.2 Å². The van der Waals surface area contributed by atoms with Gasteiger partial charge in [-0.2, -0.15) is 0 Å². The first-order valence-corrected chi connectivity index (χ1v) is 7.29. The minimum atomic E-state index is 0.0517. The number of nitrogens with one attached hydrogen (secondary N) is 1. The van der Waals surface area contributed by atoms with Crippen molar-refractivity contribution in [1.29, 1.82) is 0 Å². The first-order chi connectivity index (χ1) is 9.69. The van der Waals surface area contributed by atoms with Crippen molar-refractivity contribution in [3.8, 4) is 0 Å². The lowest BCUT2D eigenvalue weighted by atomic mass is 9.90. The highest BCUT2D eigenvalue weighted by atomic mass is 16.3. The molecule has 3 rings (SSSR count). The largest absolute Gasteiger partial charge is 0.397 e. The molecule has 1 fully saturated rings. The van der Waals surface area contributed by atoms with Gasteiger partial charge < -0.3 is 21.1 Å². The number of nitrogens with zero attached hydrogens (tertiary/aromatic N) is 1. The van der Waals surface area contributed by atoms with Crippen LogP contribution in [0, 0.1) is 0 Å². The molecule has 0 atom stereocenters. The van der Waals surface area contributed by atoms with Gasteiger partial charge in [0.2, 0.25) is 5.91 Å². The van der Waals surface area contributed by atoms with E-state index in [4.69, 9.17) is 5.73 Å². The van der Waals surface area contributed by atoms with Gasteiger partial charge in [0.25, 0.3) is 0 Å². The number of nitrogen functional groups attached to an aromatic ring is 1. The molecule has 108 valence electrons. The summed E-state index contributed by atoms with van der Waals surface area (Å²) in [5, 5.41) is 12.2. The maximum atomic E-state index is 11.4. The third kappa shape index (κ3) is 2.33. The molecule has 5 nitrogen and oxygen atoms in total. The second-order valence-corrected chi connectivity index (χ2v) is 5.62. The topological polar surface area (TPSA) is 78.6 Å². The van der Waals surface area contributed by atoms with Crippen molar-refractivity contribution in [1.82, 2.24) is 0 Å². The number of carbonyl (C=O) groups is 1. The summed E-state index contributed by atoms with van der Waals surface area (Å²) >= 11 is 0. The van der Waals surface area contributed by atoms with Crippen LogP contribution in [-0.2, 0) is 11.2 Å². The standard InChI is InChI=1S/C15H21N3O2/c16-12-9-13-10(4-5-15(20)17-13)8-14(12)18(6-7-19)11-2-1-3-11/h8-9,11,19H,1-7,16H2,(H,17,20). The Kier molecular flexibility index (Phi) is 3.53. The van der Waals surface area contributed by atoms with E-state index < -0.39 is 0 Å². The molecule has 0 unspecified atom stereocenters. The molecule has 0 spiro atoms. The van der Waals surface area contributed by atoms with E-state index in [0.717, 1.165) is 36.2 Å². The number of anilines is 3. The van der Waals surface area contributed by atoms with Crippen molar-refractivity contribution in [3.63, 3.8) is 0 Å². The van der Waals surface area contributed by atoms with E-state index in [1.54, 1.807) is 0 Å². The van der Waals surface area contributed by atoms with Gasteiger partial charge >= 0.3 is 0 Å². The molecule has 0 aromatic heterocycles. The molecule has 1 aliphatic carbocycles. The summed E-state index contributed by atoms with van der Waals surface area (Å²) in [7, 11) is 0. The van der Waals surface area contributed by atoms with Gasteiger partial charge in [0.1, 0.15) is 0 Å². The minimum Gasteiger partial charge on any atom is -0.397 e. The lowest BCUT2D eigenvalue weighted by Gasteiger charge is -2.40. The second-order valence-electron chi connectivity index (χ2n) is 5.62. The number of benzene rings is 1. The maximum absolute atomic E-state index is 11.4. The third-order valence-corrected chi connectivity index (χ3v) is 4.31. The number of hydrogen-bond donors (Lipinski definition) is 3. The summed E-state index contributed by atoms with van der Waals surface area (Å²) in [6, 6.07) is 4.42. The highest BCUT2D eigenvalue weighted by molar-refractivity contribution is 5.95. The van der Waals surface area contributed by atoms with Crippen LogP contribution in [0.4, 0.5) is 17.1 Å². The highest BCUT2D eigenvalue weighted by Crippen LogP contribution is 2.37. The van der Waals surface area contributed by atoms with Gasteiger partial charge in [-0.25, -0.2) is 0 Å². The Morgan fingerprint density at radius 3 is 2.80 bits per heavy atom.